The molecule has 8 heteroatoms. The van der Waals surface area contributed by atoms with Crippen LogP contribution in [0.1, 0.15) is 23.3 Å². The second-order valence-electron chi connectivity index (χ2n) is 6.02. The van der Waals surface area contributed by atoms with Gasteiger partial charge in [0.1, 0.15) is 11.6 Å². The number of hydrogen-bond acceptors (Lipinski definition) is 6. The van der Waals surface area contributed by atoms with E-state index in [2.05, 4.69) is 15.3 Å². The van der Waals surface area contributed by atoms with Crippen molar-refractivity contribution in [2.75, 3.05) is 30.4 Å². The predicted octanol–water partition coefficient (Wildman–Crippen LogP) is 2.04. The van der Waals surface area contributed by atoms with E-state index >= 15 is 0 Å². The molecule has 1 aliphatic rings. The van der Waals surface area contributed by atoms with E-state index in [0.717, 1.165) is 0 Å². The fourth-order valence-electron chi connectivity index (χ4n) is 2.95. The highest BCUT2D eigenvalue weighted by atomic mass is 16.5. The van der Waals surface area contributed by atoms with Gasteiger partial charge in [-0.2, -0.15) is 0 Å². The molecule has 26 heavy (non-hydrogen) atoms. The largest absolute Gasteiger partial charge is 0.495 e. The highest BCUT2D eigenvalue weighted by Crippen LogP contribution is 2.26. The summed E-state index contributed by atoms with van der Waals surface area (Å²) in [4.78, 5) is 33.4. The zero-order valence-corrected chi connectivity index (χ0v) is 14.4. The third-order valence-electron chi connectivity index (χ3n) is 4.41. The molecule has 2 N–H and O–H groups in total. The van der Waals surface area contributed by atoms with Gasteiger partial charge in [0.15, 0.2) is 5.69 Å². The van der Waals surface area contributed by atoms with Crippen LogP contribution in [0, 0.1) is 5.92 Å². The highest BCUT2D eigenvalue weighted by molar-refractivity contribution is 5.94. The number of carbonyl (C=O) groups is 2. The van der Waals surface area contributed by atoms with Crippen LogP contribution in [0.25, 0.3) is 0 Å². The van der Waals surface area contributed by atoms with Crippen LogP contribution in [0.15, 0.2) is 36.7 Å². The molecule has 0 bridgehead atoms. The second-order valence-corrected chi connectivity index (χ2v) is 6.02. The lowest BCUT2D eigenvalue weighted by atomic mass is 9.96. The van der Waals surface area contributed by atoms with Crippen molar-refractivity contribution < 1.29 is 19.4 Å². The summed E-state index contributed by atoms with van der Waals surface area (Å²) in [6.45, 7) is 1.32. The van der Waals surface area contributed by atoms with Crippen molar-refractivity contribution in [3.05, 3.63) is 42.4 Å². The lowest BCUT2D eigenvalue weighted by molar-refractivity contribution is -0.120. The molecule has 1 amide bonds. The van der Waals surface area contributed by atoms with Gasteiger partial charge in [-0.15, -0.1) is 0 Å². The Labute approximate surface area is 150 Å². The number of nitrogens with one attached hydrogen (secondary N) is 1. The van der Waals surface area contributed by atoms with Gasteiger partial charge < -0.3 is 20.1 Å². The van der Waals surface area contributed by atoms with Gasteiger partial charge in [0.05, 0.1) is 25.2 Å². The van der Waals surface area contributed by atoms with Gasteiger partial charge in [0.2, 0.25) is 5.91 Å². The molecule has 0 atom stereocenters. The van der Waals surface area contributed by atoms with Crippen LogP contribution in [-0.2, 0) is 4.79 Å². The number of methoxy groups -OCH3 is 1. The fourth-order valence-corrected chi connectivity index (χ4v) is 2.95. The van der Waals surface area contributed by atoms with Gasteiger partial charge >= 0.3 is 5.97 Å². The zero-order chi connectivity index (χ0) is 18.5. The molecule has 0 spiro atoms. The molecule has 2 aromatic rings. The molecule has 0 radical (unpaired) electrons. The van der Waals surface area contributed by atoms with Crippen LogP contribution in [0.4, 0.5) is 11.5 Å². The normalized spacial score (nSPS) is 14.7. The number of piperidine rings is 1. The summed E-state index contributed by atoms with van der Waals surface area (Å²) in [5, 5.41) is 11.8. The number of aromatic carboxylic acids is 1. The molecule has 3 rings (SSSR count). The Morgan fingerprint density at radius 1 is 1.19 bits per heavy atom. The predicted molar refractivity (Wildman–Crippen MR) is 95.6 cm³/mol. The molecular weight excluding hydrogens is 336 g/mol. The summed E-state index contributed by atoms with van der Waals surface area (Å²) < 4.78 is 5.25. The number of para-hydroxylation sites is 2. The Balaban J connectivity index is 1.57. The number of nitrogens with zero attached hydrogens (tertiary/aromatic N) is 3. The molecule has 1 fully saturated rings. The number of ether oxygens (including phenoxy) is 1. The van der Waals surface area contributed by atoms with E-state index in [1.807, 2.05) is 23.1 Å². The first-order valence-corrected chi connectivity index (χ1v) is 8.32. The minimum Gasteiger partial charge on any atom is -0.495 e. The summed E-state index contributed by atoms with van der Waals surface area (Å²) in [6, 6.07) is 7.31. The number of amides is 1. The summed E-state index contributed by atoms with van der Waals surface area (Å²) in [5.41, 5.74) is 0.581. The SMILES string of the molecule is COc1ccccc1NC(=O)C1CCN(c2cnc(C(=O)O)cn2)CC1. The second kappa shape index (κ2) is 7.81. The van der Waals surface area contributed by atoms with Crippen molar-refractivity contribution in [2.45, 2.75) is 12.8 Å². The Morgan fingerprint density at radius 2 is 1.92 bits per heavy atom. The molecular formula is C18H20N4O4. The van der Waals surface area contributed by atoms with Crippen LogP contribution in [-0.4, -0.2) is 47.2 Å². The van der Waals surface area contributed by atoms with E-state index in [4.69, 9.17) is 9.84 Å². The summed E-state index contributed by atoms with van der Waals surface area (Å²) in [6.07, 6.45) is 4.07. The first-order chi connectivity index (χ1) is 12.6. The number of aromatic nitrogens is 2. The van der Waals surface area contributed by atoms with Gasteiger partial charge in [-0.1, -0.05) is 12.1 Å². The molecule has 0 unspecified atom stereocenters. The van der Waals surface area contributed by atoms with Crippen LogP contribution >= 0.6 is 0 Å². The minimum absolute atomic E-state index is 0.0264. The number of hydrogen-bond donors (Lipinski definition) is 2. The van der Waals surface area contributed by atoms with Crippen molar-refractivity contribution in [2.24, 2.45) is 5.92 Å². The number of carboxylic acid groups (broad SMARTS) is 1. The van der Waals surface area contributed by atoms with E-state index in [9.17, 15) is 9.59 Å². The molecule has 1 aliphatic heterocycles. The number of rotatable bonds is 5. The van der Waals surface area contributed by atoms with Crippen molar-refractivity contribution in [3.8, 4) is 5.75 Å². The fraction of sp³-hybridized carbons (Fsp3) is 0.333. The van der Waals surface area contributed by atoms with Crippen molar-refractivity contribution in [1.29, 1.82) is 0 Å². The lowest BCUT2D eigenvalue weighted by Crippen LogP contribution is -2.38. The van der Waals surface area contributed by atoms with E-state index in [1.165, 1.54) is 12.4 Å². The molecule has 0 saturated carbocycles. The highest BCUT2D eigenvalue weighted by Gasteiger charge is 2.26. The van der Waals surface area contributed by atoms with Crippen molar-refractivity contribution in [1.82, 2.24) is 9.97 Å². The Hall–Kier alpha value is -3.16. The first kappa shape index (κ1) is 17.7. The van der Waals surface area contributed by atoms with Gasteiger partial charge in [0, 0.05) is 19.0 Å². The average Bonchev–Trinajstić information content (AvgIpc) is 2.68. The van der Waals surface area contributed by atoms with E-state index < -0.39 is 5.97 Å². The molecule has 0 aliphatic carbocycles. The number of carbonyl (C=O) groups excluding carboxylic acids is 1. The van der Waals surface area contributed by atoms with Crippen molar-refractivity contribution in [3.63, 3.8) is 0 Å². The van der Waals surface area contributed by atoms with Crippen LogP contribution in [0.3, 0.4) is 0 Å². The quantitative estimate of drug-likeness (QED) is 0.844. The summed E-state index contributed by atoms with van der Waals surface area (Å²) >= 11 is 0. The third-order valence-corrected chi connectivity index (χ3v) is 4.41. The Kier molecular flexibility index (Phi) is 5.31. The first-order valence-electron chi connectivity index (χ1n) is 8.32. The van der Waals surface area contributed by atoms with Crippen LogP contribution in [0.2, 0.25) is 0 Å². The van der Waals surface area contributed by atoms with Crippen LogP contribution in [0.5, 0.6) is 5.75 Å². The molecule has 2 heterocycles. The lowest BCUT2D eigenvalue weighted by Gasteiger charge is -2.32. The van der Waals surface area contributed by atoms with Gasteiger partial charge in [-0.25, -0.2) is 14.8 Å². The molecule has 1 saturated heterocycles. The minimum atomic E-state index is -1.10. The molecule has 1 aromatic carbocycles. The standard InChI is InChI=1S/C18H20N4O4/c1-26-15-5-3-2-4-13(15)21-17(23)12-6-8-22(9-7-12)16-11-19-14(10-20-16)18(24)25/h2-5,10-12H,6-9H2,1H3,(H,21,23)(H,24,25). The van der Waals surface area contributed by atoms with E-state index in [-0.39, 0.29) is 17.5 Å². The average molecular weight is 356 g/mol. The van der Waals surface area contributed by atoms with Crippen LogP contribution < -0.4 is 15.0 Å². The smallest absolute Gasteiger partial charge is 0.356 e. The number of anilines is 2. The number of carboxylic acids is 1. The third kappa shape index (κ3) is 3.90. The number of benzene rings is 1. The van der Waals surface area contributed by atoms with E-state index in [0.29, 0.717) is 43.2 Å². The zero-order valence-electron chi connectivity index (χ0n) is 14.4. The Morgan fingerprint density at radius 3 is 2.54 bits per heavy atom. The van der Waals surface area contributed by atoms with Gasteiger partial charge in [-0.05, 0) is 25.0 Å². The maximum Gasteiger partial charge on any atom is 0.356 e. The maximum absolute atomic E-state index is 12.5. The molecule has 8 nitrogen and oxygen atoms in total. The monoisotopic (exact) mass is 356 g/mol. The summed E-state index contributed by atoms with van der Waals surface area (Å²) in [5.74, 6) is 0.0327. The Bertz CT molecular complexity index is 786. The van der Waals surface area contributed by atoms with Crippen molar-refractivity contribution >= 4 is 23.4 Å². The van der Waals surface area contributed by atoms with E-state index in [1.54, 1.807) is 13.2 Å². The molecule has 136 valence electrons. The topological polar surface area (TPSA) is 105 Å². The van der Waals surface area contributed by atoms with Gasteiger partial charge in [0.25, 0.3) is 0 Å². The maximum atomic E-state index is 12.5. The summed E-state index contributed by atoms with van der Waals surface area (Å²) in [7, 11) is 1.57. The van der Waals surface area contributed by atoms with Gasteiger partial charge in [-0.3, -0.25) is 4.79 Å². The molecule has 1 aromatic heterocycles.